The predicted octanol–water partition coefficient (Wildman–Crippen LogP) is 4.15. The second kappa shape index (κ2) is 6.65. The first-order chi connectivity index (χ1) is 12.9. The molecule has 2 heterocycles. The zero-order valence-corrected chi connectivity index (χ0v) is 15.3. The summed E-state index contributed by atoms with van der Waals surface area (Å²) in [7, 11) is 0. The van der Waals surface area contributed by atoms with Crippen LogP contribution in [0.3, 0.4) is 0 Å². The predicted molar refractivity (Wildman–Crippen MR) is 103 cm³/mol. The van der Waals surface area contributed by atoms with E-state index < -0.39 is 5.63 Å². The van der Waals surface area contributed by atoms with Gasteiger partial charge in [0.25, 0.3) is 0 Å². The number of fused-ring (bicyclic) bond motifs is 2. The van der Waals surface area contributed by atoms with Crippen LogP contribution >= 0.6 is 0 Å². The van der Waals surface area contributed by atoms with Gasteiger partial charge in [-0.2, -0.15) is 0 Å². The van der Waals surface area contributed by atoms with Crippen LogP contribution in [0.25, 0.3) is 11.0 Å². The number of amides is 1. The molecule has 4 rings (SSSR count). The standard InChI is InChI=1S/C22H20FNO3/c1-13-3-7-18-16(12-22(26)27-20(18)9-13)11-21(25)24-14(2)4-5-15-10-17(23)6-8-19(15)24/h3,6-10,12,14H,4-5,11H2,1-2H3/t14-/m1/s1. The van der Waals surface area contributed by atoms with Crippen LogP contribution in [0.4, 0.5) is 10.1 Å². The van der Waals surface area contributed by atoms with Crippen molar-refractivity contribution in [1.29, 1.82) is 0 Å². The van der Waals surface area contributed by atoms with Crippen LogP contribution in [0.15, 0.2) is 51.7 Å². The number of hydrogen-bond acceptors (Lipinski definition) is 3. The number of carbonyl (C=O) groups excluding carboxylic acids is 1. The van der Waals surface area contributed by atoms with Crippen LogP contribution in [-0.4, -0.2) is 11.9 Å². The van der Waals surface area contributed by atoms with Crippen molar-refractivity contribution in [3.63, 3.8) is 0 Å². The Morgan fingerprint density at radius 2 is 2.04 bits per heavy atom. The normalized spacial score (nSPS) is 16.4. The summed E-state index contributed by atoms with van der Waals surface area (Å²) in [5.74, 6) is -0.403. The highest BCUT2D eigenvalue weighted by molar-refractivity contribution is 5.98. The van der Waals surface area contributed by atoms with Gasteiger partial charge in [0.2, 0.25) is 5.91 Å². The minimum absolute atomic E-state index is 0.0177. The summed E-state index contributed by atoms with van der Waals surface area (Å²) in [4.78, 5) is 26.8. The van der Waals surface area contributed by atoms with Crippen LogP contribution in [-0.2, 0) is 17.6 Å². The van der Waals surface area contributed by atoms with Crippen LogP contribution < -0.4 is 10.5 Å². The number of halogens is 1. The van der Waals surface area contributed by atoms with E-state index in [1.807, 2.05) is 26.0 Å². The Bertz CT molecular complexity index is 1100. The highest BCUT2D eigenvalue weighted by atomic mass is 19.1. The number of nitrogens with zero attached hydrogens (tertiary/aromatic N) is 1. The topological polar surface area (TPSA) is 50.5 Å². The van der Waals surface area contributed by atoms with Crippen molar-refractivity contribution in [2.24, 2.45) is 0 Å². The zero-order chi connectivity index (χ0) is 19.1. The summed E-state index contributed by atoms with van der Waals surface area (Å²) in [6.45, 7) is 3.91. The van der Waals surface area contributed by atoms with Crippen molar-refractivity contribution >= 4 is 22.6 Å². The third-order valence-corrected chi connectivity index (χ3v) is 5.17. The zero-order valence-electron chi connectivity index (χ0n) is 15.3. The van der Waals surface area contributed by atoms with Crippen LogP contribution in [0.1, 0.15) is 30.0 Å². The molecular weight excluding hydrogens is 345 g/mol. The molecule has 0 radical (unpaired) electrons. The minimum atomic E-state index is -0.468. The Kier molecular flexibility index (Phi) is 4.30. The Labute approximate surface area is 156 Å². The van der Waals surface area contributed by atoms with Gasteiger partial charge in [-0.3, -0.25) is 4.79 Å². The smallest absolute Gasteiger partial charge is 0.336 e. The fourth-order valence-corrected chi connectivity index (χ4v) is 3.83. The minimum Gasteiger partial charge on any atom is -0.423 e. The maximum absolute atomic E-state index is 13.6. The average molecular weight is 365 g/mol. The molecule has 138 valence electrons. The number of carbonyl (C=O) groups is 1. The summed E-state index contributed by atoms with van der Waals surface area (Å²) < 4.78 is 18.8. The lowest BCUT2D eigenvalue weighted by molar-refractivity contribution is -0.118. The van der Waals surface area contributed by atoms with Crippen LogP contribution in [0.2, 0.25) is 0 Å². The van der Waals surface area contributed by atoms with Crippen molar-refractivity contribution in [2.75, 3.05) is 4.90 Å². The van der Waals surface area contributed by atoms with E-state index in [1.54, 1.807) is 17.0 Å². The molecule has 0 saturated heterocycles. The number of benzene rings is 2. The summed E-state index contributed by atoms with van der Waals surface area (Å²) in [6, 6.07) is 11.5. The second-order valence-electron chi connectivity index (χ2n) is 7.19. The number of hydrogen-bond donors (Lipinski definition) is 0. The summed E-state index contributed by atoms with van der Waals surface area (Å²) in [6.07, 6.45) is 1.61. The summed E-state index contributed by atoms with van der Waals surface area (Å²) in [5, 5.41) is 0.762. The van der Waals surface area contributed by atoms with Gasteiger partial charge in [-0.25, -0.2) is 9.18 Å². The summed E-state index contributed by atoms with van der Waals surface area (Å²) >= 11 is 0. The van der Waals surface area contributed by atoms with Gasteiger partial charge in [0, 0.05) is 23.2 Å². The van der Waals surface area contributed by atoms with Gasteiger partial charge in [0.1, 0.15) is 11.4 Å². The molecule has 2 aromatic carbocycles. The van der Waals surface area contributed by atoms with E-state index in [4.69, 9.17) is 4.42 Å². The first kappa shape index (κ1) is 17.5. The largest absolute Gasteiger partial charge is 0.423 e. The van der Waals surface area contributed by atoms with Crippen molar-refractivity contribution in [3.05, 3.63) is 75.4 Å². The lowest BCUT2D eigenvalue weighted by atomic mass is 9.95. The van der Waals surface area contributed by atoms with Crippen molar-refractivity contribution in [3.8, 4) is 0 Å². The Hall–Kier alpha value is -2.95. The Balaban J connectivity index is 1.73. The maximum atomic E-state index is 13.6. The van der Waals surface area contributed by atoms with Crippen molar-refractivity contribution < 1.29 is 13.6 Å². The molecule has 4 nitrogen and oxygen atoms in total. The molecule has 0 spiro atoms. The van der Waals surface area contributed by atoms with E-state index in [2.05, 4.69) is 0 Å². The van der Waals surface area contributed by atoms with Gasteiger partial charge in [0.15, 0.2) is 0 Å². The first-order valence-electron chi connectivity index (χ1n) is 9.06. The van der Waals surface area contributed by atoms with Gasteiger partial charge >= 0.3 is 5.63 Å². The third-order valence-electron chi connectivity index (χ3n) is 5.17. The molecule has 5 heteroatoms. The van der Waals surface area contributed by atoms with Crippen LogP contribution in [0, 0.1) is 12.7 Å². The van der Waals surface area contributed by atoms with E-state index >= 15 is 0 Å². The molecule has 0 N–H and O–H groups in total. The molecule has 0 saturated carbocycles. The number of aryl methyl sites for hydroxylation is 2. The van der Waals surface area contributed by atoms with E-state index in [0.29, 0.717) is 11.1 Å². The molecular formula is C22H20FNO3. The summed E-state index contributed by atoms with van der Waals surface area (Å²) in [5.41, 5.74) is 3.24. The van der Waals surface area contributed by atoms with E-state index in [0.717, 1.165) is 35.0 Å². The fourth-order valence-electron chi connectivity index (χ4n) is 3.83. The van der Waals surface area contributed by atoms with Crippen molar-refractivity contribution in [1.82, 2.24) is 0 Å². The molecule has 0 fully saturated rings. The van der Waals surface area contributed by atoms with Gasteiger partial charge in [-0.1, -0.05) is 12.1 Å². The lowest BCUT2D eigenvalue weighted by Gasteiger charge is -2.35. The molecule has 0 unspecified atom stereocenters. The van der Waals surface area contributed by atoms with E-state index in [9.17, 15) is 14.0 Å². The number of anilines is 1. The molecule has 27 heavy (non-hydrogen) atoms. The highest BCUT2D eigenvalue weighted by Crippen LogP contribution is 2.32. The Morgan fingerprint density at radius 1 is 1.22 bits per heavy atom. The molecule has 3 aromatic rings. The maximum Gasteiger partial charge on any atom is 0.336 e. The van der Waals surface area contributed by atoms with Gasteiger partial charge in [-0.05, 0) is 67.6 Å². The van der Waals surface area contributed by atoms with Crippen molar-refractivity contribution in [2.45, 2.75) is 39.2 Å². The molecule has 1 amide bonds. The third kappa shape index (κ3) is 3.25. The average Bonchev–Trinajstić information content (AvgIpc) is 2.61. The van der Waals surface area contributed by atoms with Gasteiger partial charge in [0.05, 0.1) is 6.42 Å². The fraction of sp³-hybridized carbons (Fsp3) is 0.273. The van der Waals surface area contributed by atoms with E-state index in [-0.39, 0.29) is 24.2 Å². The quantitative estimate of drug-likeness (QED) is 0.641. The monoisotopic (exact) mass is 365 g/mol. The van der Waals surface area contributed by atoms with Gasteiger partial charge < -0.3 is 9.32 Å². The number of rotatable bonds is 2. The molecule has 0 aliphatic carbocycles. The van der Waals surface area contributed by atoms with Gasteiger partial charge in [-0.15, -0.1) is 0 Å². The molecule has 1 aromatic heterocycles. The molecule has 0 bridgehead atoms. The molecule has 1 aliphatic rings. The second-order valence-corrected chi connectivity index (χ2v) is 7.19. The molecule has 1 aliphatic heterocycles. The van der Waals surface area contributed by atoms with Crippen LogP contribution in [0.5, 0.6) is 0 Å². The SMILES string of the molecule is Cc1ccc2c(CC(=O)N3c4ccc(F)cc4CC[C@H]3C)cc(=O)oc2c1. The first-order valence-corrected chi connectivity index (χ1v) is 9.06. The molecule has 1 atom stereocenters. The lowest BCUT2D eigenvalue weighted by Crippen LogP contribution is -2.43. The highest BCUT2D eigenvalue weighted by Gasteiger charge is 2.28. The Morgan fingerprint density at radius 3 is 2.85 bits per heavy atom. The van der Waals surface area contributed by atoms with E-state index in [1.165, 1.54) is 18.2 Å².